The van der Waals surface area contributed by atoms with Gasteiger partial charge in [0.2, 0.25) is 0 Å². The molecule has 6 heteroatoms. The van der Waals surface area contributed by atoms with Crippen LogP contribution in [0.5, 0.6) is 23.0 Å². The summed E-state index contributed by atoms with van der Waals surface area (Å²) >= 11 is 3.33. The molecule has 0 aliphatic heterocycles. The van der Waals surface area contributed by atoms with Crippen LogP contribution in [0.1, 0.15) is 79.1 Å². The summed E-state index contributed by atoms with van der Waals surface area (Å²) in [6.07, 6.45) is 8.57. The Labute approximate surface area is 190 Å². The number of unbranched alkanes of at least 4 members (excludes halogenated alkanes) is 4. The maximum Gasteiger partial charge on any atom is 0.180 e. The first-order valence-electron chi connectivity index (χ1n) is 11.5. The first-order chi connectivity index (χ1) is 14.8. The van der Waals surface area contributed by atoms with E-state index in [0.29, 0.717) is 26.4 Å². The predicted octanol–water partition coefficient (Wildman–Crippen LogP) is 8.19. The fraction of sp³-hybridized carbons (Fsp3) is 0.667. The fourth-order valence-corrected chi connectivity index (χ4v) is 4.76. The van der Waals surface area contributed by atoms with Gasteiger partial charge in [-0.15, -0.1) is 22.7 Å². The van der Waals surface area contributed by atoms with Gasteiger partial charge in [-0.25, -0.2) is 0 Å². The second-order valence-electron chi connectivity index (χ2n) is 7.32. The van der Waals surface area contributed by atoms with E-state index in [-0.39, 0.29) is 0 Å². The lowest BCUT2D eigenvalue weighted by molar-refractivity contribution is 0.262. The van der Waals surface area contributed by atoms with E-state index in [9.17, 15) is 0 Å². The van der Waals surface area contributed by atoms with E-state index in [4.69, 9.17) is 18.9 Å². The lowest BCUT2D eigenvalue weighted by Crippen LogP contribution is -2.02. The van der Waals surface area contributed by atoms with E-state index in [0.717, 1.165) is 84.1 Å². The maximum atomic E-state index is 6.22. The molecule has 0 bridgehead atoms. The predicted molar refractivity (Wildman–Crippen MR) is 129 cm³/mol. The van der Waals surface area contributed by atoms with Crippen LogP contribution in [0.15, 0.2) is 10.8 Å². The maximum absolute atomic E-state index is 6.22. The lowest BCUT2D eigenvalue weighted by Gasteiger charge is -2.13. The highest BCUT2D eigenvalue weighted by molar-refractivity contribution is 7.21. The molecule has 0 amide bonds. The van der Waals surface area contributed by atoms with Crippen LogP contribution in [0.2, 0.25) is 0 Å². The average Bonchev–Trinajstić information content (AvgIpc) is 3.33. The summed E-state index contributed by atoms with van der Waals surface area (Å²) in [6, 6.07) is 0. The Morgan fingerprint density at radius 2 is 0.867 bits per heavy atom. The summed E-state index contributed by atoms with van der Waals surface area (Å²) < 4.78 is 24.5. The number of hydrogen-bond acceptors (Lipinski definition) is 6. The third-order valence-corrected chi connectivity index (χ3v) is 6.68. The normalized spacial score (nSPS) is 10.9. The molecule has 0 spiro atoms. The first kappa shape index (κ1) is 24.9. The second kappa shape index (κ2) is 14.6. The summed E-state index contributed by atoms with van der Waals surface area (Å²) in [5.41, 5.74) is 0. The van der Waals surface area contributed by atoms with Crippen molar-refractivity contribution in [1.29, 1.82) is 0 Å². The zero-order chi connectivity index (χ0) is 21.6. The molecule has 0 fully saturated rings. The molecule has 0 aliphatic rings. The topological polar surface area (TPSA) is 36.9 Å². The summed E-state index contributed by atoms with van der Waals surface area (Å²) in [6.45, 7) is 11.5. The number of hydrogen-bond donors (Lipinski definition) is 0. The number of rotatable bonds is 17. The summed E-state index contributed by atoms with van der Waals surface area (Å²) in [4.78, 5) is 2.17. The minimum absolute atomic E-state index is 0.696. The zero-order valence-electron chi connectivity index (χ0n) is 19.1. The van der Waals surface area contributed by atoms with Crippen molar-refractivity contribution in [3.8, 4) is 32.8 Å². The van der Waals surface area contributed by atoms with Crippen molar-refractivity contribution < 1.29 is 18.9 Å². The van der Waals surface area contributed by atoms with Crippen LogP contribution in [-0.2, 0) is 0 Å². The van der Waals surface area contributed by atoms with Gasteiger partial charge in [-0.3, -0.25) is 0 Å². The van der Waals surface area contributed by atoms with Crippen molar-refractivity contribution >= 4 is 22.7 Å². The Kier molecular flexibility index (Phi) is 12.1. The Morgan fingerprint density at radius 3 is 1.20 bits per heavy atom. The van der Waals surface area contributed by atoms with Crippen LogP contribution in [0.25, 0.3) is 9.75 Å². The van der Waals surface area contributed by atoms with E-state index in [1.54, 1.807) is 22.7 Å². The number of ether oxygens (including phenoxy) is 4. The summed E-state index contributed by atoms with van der Waals surface area (Å²) in [7, 11) is 0. The van der Waals surface area contributed by atoms with Crippen LogP contribution >= 0.6 is 22.7 Å². The molecular weight excluding hydrogens is 416 g/mol. The second-order valence-corrected chi connectivity index (χ2v) is 9.08. The van der Waals surface area contributed by atoms with Crippen molar-refractivity contribution in [2.75, 3.05) is 26.4 Å². The molecule has 0 radical (unpaired) electrons. The SMILES string of the molecule is CCCCOc1csc(-c2scc(OCCCC)c2OCCCC)c1OCCCC. The Bertz CT molecular complexity index is 648. The van der Waals surface area contributed by atoms with Gasteiger partial charge < -0.3 is 18.9 Å². The molecule has 0 aliphatic carbocycles. The zero-order valence-corrected chi connectivity index (χ0v) is 20.7. The molecule has 170 valence electrons. The molecule has 0 unspecified atom stereocenters. The molecule has 0 atom stereocenters. The van der Waals surface area contributed by atoms with Gasteiger partial charge in [0.25, 0.3) is 0 Å². The van der Waals surface area contributed by atoms with Gasteiger partial charge in [0.1, 0.15) is 0 Å². The molecule has 30 heavy (non-hydrogen) atoms. The summed E-state index contributed by atoms with van der Waals surface area (Å²) in [5, 5.41) is 4.14. The highest BCUT2D eigenvalue weighted by Gasteiger charge is 2.24. The smallest absolute Gasteiger partial charge is 0.180 e. The molecule has 0 N–H and O–H groups in total. The van der Waals surface area contributed by atoms with E-state index in [1.165, 1.54) is 0 Å². The minimum Gasteiger partial charge on any atom is -0.489 e. The van der Waals surface area contributed by atoms with Gasteiger partial charge >= 0.3 is 0 Å². The van der Waals surface area contributed by atoms with Gasteiger partial charge in [-0.2, -0.15) is 0 Å². The van der Waals surface area contributed by atoms with Crippen LogP contribution in [0.4, 0.5) is 0 Å². The molecular formula is C24H38O4S2. The fourth-order valence-electron chi connectivity index (χ4n) is 2.74. The van der Waals surface area contributed by atoms with Crippen molar-refractivity contribution in [1.82, 2.24) is 0 Å². The van der Waals surface area contributed by atoms with Gasteiger partial charge in [-0.05, 0) is 25.7 Å². The van der Waals surface area contributed by atoms with Gasteiger partial charge in [-0.1, -0.05) is 53.4 Å². The number of thiophene rings is 2. The van der Waals surface area contributed by atoms with E-state index in [1.807, 2.05) is 0 Å². The van der Waals surface area contributed by atoms with Crippen LogP contribution in [0.3, 0.4) is 0 Å². The Balaban J connectivity index is 2.31. The standard InChI is InChI=1S/C24H38O4S2/c1-5-9-13-25-19-17-29-23(21(19)27-15-11-7-3)24-22(28-16-12-8-4)20(18-30-24)26-14-10-6-2/h17-18H,5-16H2,1-4H3. The molecule has 0 saturated carbocycles. The van der Waals surface area contributed by atoms with Gasteiger partial charge in [0.15, 0.2) is 23.0 Å². The molecule has 0 saturated heterocycles. The third-order valence-electron chi connectivity index (χ3n) is 4.63. The highest BCUT2D eigenvalue weighted by Crippen LogP contribution is 2.53. The molecule has 2 rings (SSSR count). The molecule has 2 aromatic heterocycles. The van der Waals surface area contributed by atoms with Crippen molar-refractivity contribution in [3.63, 3.8) is 0 Å². The van der Waals surface area contributed by atoms with Gasteiger partial charge in [0.05, 0.1) is 36.2 Å². The Hall–Kier alpha value is -1.40. The van der Waals surface area contributed by atoms with E-state index < -0.39 is 0 Å². The lowest BCUT2D eigenvalue weighted by atomic mass is 10.3. The van der Waals surface area contributed by atoms with E-state index >= 15 is 0 Å². The molecule has 4 nitrogen and oxygen atoms in total. The quantitative estimate of drug-likeness (QED) is 0.226. The first-order valence-corrected chi connectivity index (χ1v) is 13.3. The van der Waals surface area contributed by atoms with Crippen LogP contribution in [0, 0.1) is 0 Å². The van der Waals surface area contributed by atoms with Crippen LogP contribution in [-0.4, -0.2) is 26.4 Å². The van der Waals surface area contributed by atoms with E-state index in [2.05, 4.69) is 38.5 Å². The minimum atomic E-state index is 0.696. The largest absolute Gasteiger partial charge is 0.489 e. The highest BCUT2D eigenvalue weighted by atomic mass is 32.1. The Morgan fingerprint density at radius 1 is 0.533 bits per heavy atom. The third kappa shape index (κ3) is 7.38. The van der Waals surface area contributed by atoms with Crippen molar-refractivity contribution in [2.24, 2.45) is 0 Å². The monoisotopic (exact) mass is 454 g/mol. The van der Waals surface area contributed by atoms with Crippen LogP contribution < -0.4 is 18.9 Å². The molecule has 0 aromatic carbocycles. The summed E-state index contributed by atoms with van der Waals surface area (Å²) in [5.74, 6) is 3.40. The molecule has 2 heterocycles. The average molecular weight is 455 g/mol. The van der Waals surface area contributed by atoms with Crippen molar-refractivity contribution in [2.45, 2.75) is 79.1 Å². The van der Waals surface area contributed by atoms with Gasteiger partial charge in [0, 0.05) is 10.8 Å². The molecule has 2 aromatic rings. The van der Waals surface area contributed by atoms with Crippen molar-refractivity contribution in [3.05, 3.63) is 10.8 Å².